The van der Waals surface area contributed by atoms with E-state index in [2.05, 4.69) is 6.92 Å². The van der Waals surface area contributed by atoms with Crippen LogP contribution in [0.4, 0.5) is 0 Å². The summed E-state index contributed by atoms with van der Waals surface area (Å²) in [6.45, 7) is 2.36. The molecule has 2 rings (SSSR count). The Morgan fingerprint density at radius 3 is 2.10 bits per heavy atom. The van der Waals surface area contributed by atoms with Gasteiger partial charge in [-0.25, -0.2) is 0 Å². The Morgan fingerprint density at radius 1 is 1.10 bits per heavy atom. The second-order valence-corrected chi connectivity index (χ2v) is 4.08. The van der Waals surface area contributed by atoms with Gasteiger partial charge in [-0.1, -0.05) is 6.92 Å². The zero-order valence-corrected chi connectivity index (χ0v) is 6.59. The highest BCUT2D eigenvalue weighted by atomic mass is 16.3. The lowest BCUT2D eigenvalue weighted by atomic mass is 9.78. The minimum Gasteiger partial charge on any atom is -0.393 e. The van der Waals surface area contributed by atoms with Crippen molar-refractivity contribution < 1.29 is 5.11 Å². The van der Waals surface area contributed by atoms with Crippen molar-refractivity contribution in [2.75, 3.05) is 0 Å². The highest BCUT2D eigenvalue weighted by Crippen LogP contribution is 2.46. The van der Waals surface area contributed by atoms with Crippen LogP contribution in [0.15, 0.2) is 0 Å². The van der Waals surface area contributed by atoms with E-state index in [1.165, 1.54) is 12.8 Å². The fourth-order valence-electron chi connectivity index (χ4n) is 2.80. The first-order valence-electron chi connectivity index (χ1n) is 4.45. The summed E-state index contributed by atoms with van der Waals surface area (Å²) in [5.74, 6) is 2.62. The Bertz CT molecular complexity index is 119. The molecule has 0 aliphatic heterocycles. The summed E-state index contributed by atoms with van der Waals surface area (Å²) in [4.78, 5) is 0. The van der Waals surface area contributed by atoms with E-state index >= 15 is 0 Å². The molecule has 2 aliphatic carbocycles. The lowest BCUT2D eigenvalue weighted by Gasteiger charge is -2.30. The molecule has 2 atom stereocenters. The molecule has 2 bridgehead atoms. The van der Waals surface area contributed by atoms with E-state index < -0.39 is 0 Å². The molecule has 0 aromatic carbocycles. The Morgan fingerprint density at radius 2 is 1.60 bits per heavy atom. The van der Waals surface area contributed by atoms with E-state index in [1.54, 1.807) is 0 Å². The zero-order valence-electron chi connectivity index (χ0n) is 6.59. The van der Waals surface area contributed by atoms with Crippen LogP contribution >= 0.6 is 0 Å². The third-order valence-corrected chi connectivity index (χ3v) is 3.55. The molecule has 0 aromatic heterocycles. The highest BCUT2D eigenvalue weighted by Gasteiger charge is 2.39. The number of rotatable bonds is 0. The van der Waals surface area contributed by atoms with E-state index in [-0.39, 0.29) is 6.10 Å². The average molecular weight is 140 g/mol. The fraction of sp³-hybridized carbons (Fsp3) is 1.00. The summed E-state index contributed by atoms with van der Waals surface area (Å²) in [6.07, 6.45) is 4.95. The normalized spacial score (nSPS) is 53.4. The number of aliphatic hydroxyl groups excluding tert-OH is 1. The Balaban J connectivity index is 2.09. The van der Waals surface area contributed by atoms with Gasteiger partial charge in [-0.3, -0.25) is 0 Å². The van der Waals surface area contributed by atoms with E-state index in [0.29, 0.717) is 0 Å². The molecule has 58 valence electrons. The lowest BCUT2D eigenvalue weighted by Crippen LogP contribution is -2.26. The van der Waals surface area contributed by atoms with Gasteiger partial charge < -0.3 is 5.11 Å². The summed E-state index contributed by atoms with van der Waals surface area (Å²) in [6, 6.07) is 0. The van der Waals surface area contributed by atoms with E-state index in [0.717, 1.165) is 30.6 Å². The van der Waals surface area contributed by atoms with Gasteiger partial charge in [0, 0.05) is 0 Å². The number of aliphatic hydroxyl groups is 1. The summed E-state index contributed by atoms with van der Waals surface area (Å²) in [5.41, 5.74) is 0. The molecule has 2 fully saturated rings. The Kier molecular flexibility index (Phi) is 1.48. The lowest BCUT2D eigenvalue weighted by molar-refractivity contribution is 0.0674. The van der Waals surface area contributed by atoms with Gasteiger partial charge >= 0.3 is 0 Å². The first-order valence-corrected chi connectivity index (χ1v) is 4.45. The quantitative estimate of drug-likeness (QED) is 0.544. The molecule has 1 heteroatoms. The van der Waals surface area contributed by atoms with Crippen LogP contribution in [0.3, 0.4) is 0 Å². The van der Waals surface area contributed by atoms with Crippen LogP contribution in [0.2, 0.25) is 0 Å². The SMILES string of the molecule is CC1C2CCC1CC(O)C2. The number of fused-ring (bicyclic) bond motifs is 2. The van der Waals surface area contributed by atoms with Crippen LogP contribution in [-0.4, -0.2) is 11.2 Å². The van der Waals surface area contributed by atoms with Gasteiger partial charge in [0.1, 0.15) is 0 Å². The average Bonchev–Trinajstić information content (AvgIpc) is 2.20. The molecule has 1 N–H and O–H groups in total. The van der Waals surface area contributed by atoms with Gasteiger partial charge in [0.2, 0.25) is 0 Å². The maximum atomic E-state index is 9.41. The topological polar surface area (TPSA) is 20.2 Å². The van der Waals surface area contributed by atoms with Gasteiger partial charge in [-0.15, -0.1) is 0 Å². The number of hydrogen-bond acceptors (Lipinski definition) is 1. The molecule has 0 amide bonds. The third kappa shape index (κ3) is 0.878. The van der Waals surface area contributed by atoms with Crippen LogP contribution in [0.5, 0.6) is 0 Å². The van der Waals surface area contributed by atoms with Gasteiger partial charge in [-0.2, -0.15) is 0 Å². The Labute approximate surface area is 62.4 Å². The molecule has 2 aliphatic rings. The van der Waals surface area contributed by atoms with Crippen LogP contribution in [-0.2, 0) is 0 Å². The van der Waals surface area contributed by atoms with Crippen molar-refractivity contribution in [1.82, 2.24) is 0 Å². The smallest absolute Gasteiger partial charge is 0.0545 e. The van der Waals surface area contributed by atoms with Crippen LogP contribution in [0, 0.1) is 17.8 Å². The number of hydrogen-bond donors (Lipinski definition) is 1. The molecule has 0 heterocycles. The van der Waals surface area contributed by atoms with E-state index in [9.17, 15) is 5.11 Å². The molecule has 0 radical (unpaired) electrons. The maximum Gasteiger partial charge on any atom is 0.0545 e. The molecule has 2 unspecified atom stereocenters. The van der Waals surface area contributed by atoms with Crippen molar-refractivity contribution in [3.63, 3.8) is 0 Å². The summed E-state index contributed by atoms with van der Waals surface area (Å²) >= 11 is 0. The molecule has 10 heavy (non-hydrogen) atoms. The summed E-state index contributed by atoms with van der Waals surface area (Å²) < 4.78 is 0. The third-order valence-electron chi connectivity index (χ3n) is 3.55. The molecule has 0 saturated heterocycles. The second-order valence-electron chi connectivity index (χ2n) is 4.08. The van der Waals surface area contributed by atoms with E-state index in [1.807, 2.05) is 0 Å². The van der Waals surface area contributed by atoms with Crippen molar-refractivity contribution in [3.05, 3.63) is 0 Å². The molecule has 1 nitrogen and oxygen atoms in total. The largest absolute Gasteiger partial charge is 0.393 e. The van der Waals surface area contributed by atoms with E-state index in [4.69, 9.17) is 0 Å². The van der Waals surface area contributed by atoms with Crippen molar-refractivity contribution in [2.45, 2.75) is 38.7 Å². The monoisotopic (exact) mass is 140 g/mol. The standard InChI is InChI=1S/C9H16O/c1-6-7-2-3-8(6)5-9(10)4-7/h6-10H,2-5H2,1H3. The van der Waals surface area contributed by atoms with Crippen molar-refractivity contribution in [1.29, 1.82) is 0 Å². The van der Waals surface area contributed by atoms with Gasteiger partial charge in [0.05, 0.1) is 6.10 Å². The van der Waals surface area contributed by atoms with Gasteiger partial charge in [0.15, 0.2) is 0 Å². The fourth-order valence-corrected chi connectivity index (χ4v) is 2.80. The first-order chi connectivity index (χ1) is 4.77. The van der Waals surface area contributed by atoms with Crippen LogP contribution in [0.25, 0.3) is 0 Å². The van der Waals surface area contributed by atoms with Crippen molar-refractivity contribution >= 4 is 0 Å². The second kappa shape index (κ2) is 2.23. The summed E-state index contributed by atoms with van der Waals surface area (Å²) in [7, 11) is 0. The predicted octanol–water partition coefficient (Wildman–Crippen LogP) is 1.80. The van der Waals surface area contributed by atoms with Crippen molar-refractivity contribution in [3.8, 4) is 0 Å². The van der Waals surface area contributed by atoms with Crippen LogP contribution in [0.1, 0.15) is 32.6 Å². The molecular formula is C9H16O. The van der Waals surface area contributed by atoms with Crippen LogP contribution < -0.4 is 0 Å². The maximum absolute atomic E-state index is 9.41. The predicted molar refractivity (Wildman–Crippen MR) is 40.6 cm³/mol. The highest BCUT2D eigenvalue weighted by molar-refractivity contribution is 4.89. The zero-order chi connectivity index (χ0) is 7.14. The van der Waals surface area contributed by atoms with Crippen molar-refractivity contribution in [2.24, 2.45) is 17.8 Å². The first kappa shape index (κ1) is 6.66. The molecular weight excluding hydrogens is 124 g/mol. The van der Waals surface area contributed by atoms with Gasteiger partial charge in [0.25, 0.3) is 0 Å². The Hall–Kier alpha value is -0.0400. The molecule has 0 aromatic rings. The minimum absolute atomic E-state index is 0.0358. The summed E-state index contributed by atoms with van der Waals surface area (Å²) in [5, 5.41) is 9.41. The molecule has 2 saturated carbocycles. The van der Waals surface area contributed by atoms with Gasteiger partial charge in [-0.05, 0) is 43.4 Å². The minimum atomic E-state index is 0.0358. The molecule has 0 spiro atoms.